The highest BCUT2D eigenvalue weighted by Crippen LogP contribution is 2.47. The first kappa shape index (κ1) is 15.1. The minimum atomic E-state index is -0.304. The lowest BCUT2D eigenvalue weighted by Gasteiger charge is -2.37. The summed E-state index contributed by atoms with van der Waals surface area (Å²) in [6.07, 6.45) is 3.74. The number of aliphatic hydroxyl groups is 1. The third kappa shape index (κ3) is 2.62. The van der Waals surface area contributed by atoms with E-state index >= 15 is 0 Å². The van der Waals surface area contributed by atoms with Crippen LogP contribution in [0.5, 0.6) is 0 Å². The molecular weight excluding hydrogens is 276 g/mol. The molecule has 22 heavy (non-hydrogen) atoms. The van der Waals surface area contributed by atoms with E-state index in [9.17, 15) is 15.2 Å². The molecule has 0 radical (unpaired) electrons. The third-order valence-electron chi connectivity index (χ3n) is 5.15. The minimum absolute atomic E-state index is 0.0269. The van der Waals surface area contributed by atoms with Gasteiger partial charge in [-0.2, -0.15) is 5.26 Å². The zero-order valence-corrected chi connectivity index (χ0v) is 13.0. The lowest BCUT2D eigenvalue weighted by Crippen LogP contribution is -2.46. The molecule has 1 heterocycles. The zero-order chi connectivity index (χ0) is 15.7. The second-order valence-corrected chi connectivity index (χ2v) is 6.70. The Morgan fingerprint density at radius 2 is 2.05 bits per heavy atom. The molecule has 2 fully saturated rings. The quantitative estimate of drug-likeness (QED) is 0.932. The Morgan fingerprint density at radius 1 is 1.36 bits per heavy atom. The predicted octanol–water partition coefficient (Wildman–Crippen LogP) is 2.47. The number of hydrogen-bond donors (Lipinski definition) is 1. The molecule has 0 aromatic heterocycles. The van der Waals surface area contributed by atoms with Gasteiger partial charge in [0.05, 0.1) is 11.5 Å². The Kier molecular flexibility index (Phi) is 3.92. The first-order valence-corrected chi connectivity index (χ1v) is 8.03. The van der Waals surface area contributed by atoms with Gasteiger partial charge in [-0.1, -0.05) is 12.1 Å². The van der Waals surface area contributed by atoms with Crippen molar-refractivity contribution >= 4 is 5.91 Å². The van der Waals surface area contributed by atoms with Crippen LogP contribution in [0.25, 0.3) is 0 Å². The van der Waals surface area contributed by atoms with E-state index in [-0.39, 0.29) is 29.9 Å². The van der Waals surface area contributed by atoms with Crippen molar-refractivity contribution in [3.63, 3.8) is 0 Å². The van der Waals surface area contributed by atoms with Crippen molar-refractivity contribution < 1.29 is 9.90 Å². The number of amides is 1. The molecule has 1 aliphatic heterocycles. The summed E-state index contributed by atoms with van der Waals surface area (Å²) in [7, 11) is 0. The zero-order valence-electron chi connectivity index (χ0n) is 13.0. The number of rotatable bonds is 3. The van der Waals surface area contributed by atoms with Crippen molar-refractivity contribution in [1.82, 2.24) is 4.90 Å². The number of carbonyl (C=O) groups excluding carboxylic acids is 1. The van der Waals surface area contributed by atoms with Gasteiger partial charge in [0.15, 0.2) is 0 Å². The maximum Gasteiger partial charge on any atom is 0.254 e. The number of carbonyl (C=O) groups is 1. The number of nitriles is 1. The van der Waals surface area contributed by atoms with E-state index in [1.165, 1.54) is 0 Å². The van der Waals surface area contributed by atoms with Gasteiger partial charge in [0.25, 0.3) is 5.91 Å². The lowest BCUT2D eigenvalue weighted by atomic mass is 9.92. The van der Waals surface area contributed by atoms with E-state index in [1.54, 1.807) is 0 Å². The standard InChI is InChI=1S/C18H22N2O2/c1-13-2-3-14(11-21)10-20(13)17(22)15-4-6-16(7-5-15)18(12-19)8-9-18/h4-7,13-14,21H,2-3,8-11H2,1H3. The van der Waals surface area contributed by atoms with Gasteiger partial charge >= 0.3 is 0 Å². The van der Waals surface area contributed by atoms with E-state index in [0.29, 0.717) is 12.1 Å². The smallest absolute Gasteiger partial charge is 0.254 e. The Balaban J connectivity index is 1.76. The SMILES string of the molecule is CC1CCC(CO)CN1C(=O)c1ccc(C2(C#N)CC2)cc1. The first-order valence-electron chi connectivity index (χ1n) is 8.03. The van der Waals surface area contributed by atoms with E-state index in [0.717, 1.165) is 31.2 Å². The summed E-state index contributed by atoms with van der Waals surface area (Å²) in [6, 6.07) is 10.1. The second kappa shape index (κ2) is 5.73. The third-order valence-corrected chi connectivity index (χ3v) is 5.15. The molecule has 1 aromatic carbocycles. The lowest BCUT2D eigenvalue weighted by molar-refractivity contribution is 0.0489. The van der Waals surface area contributed by atoms with Gasteiger partial charge in [-0.25, -0.2) is 0 Å². The summed E-state index contributed by atoms with van der Waals surface area (Å²) in [4.78, 5) is 14.6. The summed E-state index contributed by atoms with van der Waals surface area (Å²) < 4.78 is 0. The largest absolute Gasteiger partial charge is 0.396 e. The van der Waals surface area contributed by atoms with Crippen molar-refractivity contribution in [2.24, 2.45) is 5.92 Å². The summed E-state index contributed by atoms with van der Waals surface area (Å²) in [6.45, 7) is 2.83. The highest BCUT2D eigenvalue weighted by molar-refractivity contribution is 5.94. The fourth-order valence-electron chi connectivity index (χ4n) is 3.30. The molecule has 1 N–H and O–H groups in total. The molecule has 0 bridgehead atoms. The fourth-order valence-corrected chi connectivity index (χ4v) is 3.30. The number of piperidine rings is 1. The molecule has 0 spiro atoms. The van der Waals surface area contributed by atoms with Crippen LogP contribution in [-0.2, 0) is 5.41 Å². The van der Waals surface area contributed by atoms with Gasteiger partial charge in [0.2, 0.25) is 0 Å². The van der Waals surface area contributed by atoms with Crippen LogP contribution in [0.2, 0.25) is 0 Å². The maximum absolute atomic E-state index is 12.7. The molecule has 116 valence electrons. The van der Waals surface area contributed by atoms with Crippen LogP contribution in [0.15, 0.2) is 24.3 Å². The van der Waals surface area contributed by atoms with E-state index < -0.39 is 0 Å². The van der Waals surface area contributed by atoms with Crippen LogP contribution in [0.3, 0.4) is 0 Å². The van der Waals surface area contributed by atoms with Crippen LogP contribution in [0, 0.1) is 17.2 Å². The molecular formula is C18H22N2O2. The molecule has 1 aliphatic carbocycles. The van der Waals surface area contributed by atoms with E-state index in [2.05, 4.69) is 13.0 Å². The van der Waals surface area contributed by atoms with Crippen molar-refractivity contribution in [3.8, 4) is 6.07 Å². The molecule has 1 amide bonds. The molecule has 1 saturated heterocycles. The Hall–Kier alpha value is -1.86. The van der Waals surface area contributed by atoms with Crippen molar-refractivity contribution in [3.05, 3.63) is 35.4 Å². The van der Waals surface area contributed by atoms with Gasteiger partial charge < -0.3 is 10.0 Å². The monoisotopic (exact) mass is 298 g/mol. The average molecular weight is 298 g/mol. The molecule has 2 atom stereocenters. The van der Waals surface area contributed by atoms with Crippen LogP contribution in [0.1, 0.15) is 48.5 Å². The molecule has 2 aliphatic rings. The maximum atomic E-state index is 12.7. The van der Waals surface area contributed by atoms with Crippen molar-refractivity contribution in [1.29, 1.82) is 5.26 Å². The number of likely N-dealkylation sites (tertiary alicyclic amines) is 1. The summed E-state index contributed by atoms with van der Waals surface area (Å²) in [5.41, 5.74) is 1.39. The first-order chi connectivity index (χ1) is 10.6. The molecule has 1 saturated carbocycles. The average Bonchev–Trinajstić information content (AvgIpc) is 3.36. The minimum Gasteiger partial charge on any atom is -0.396 e. The van der Waals surface area contributed by atoms with Crippen molar-refractivity contribution in [2.75, 3.05) is 13.2 Å². The number of hydrogen-bond acceptors (Lipinski definition) is 3. The number of benzene rings is 1. The summed E-state index contributed by atoms with van der Waals surface area (Å²) in [5, 5.41) is 18.6. The Labute approximate surface area is 131 Å². The molecule has 4 nitrogen and oxygen atoms in total. The van der Waals surface area contributed by atoms with Gasteiger partial charge in [0, 0.05) is 24.8 Å². The van der Waals surface area contributed by atoms with Crippen molar-refractivity contribution in [2.45, 2.75) is 44.1 Å². The number of nitrogens with zero attached hydrogens (tertiary/aromatic N) is 2. The predicted molar refractivity (Wildman–Crippen MR) is 83.3 cm³/mol. The van der Waals surface area contributed by atoms with Crippen LogP contribution in [0.4, 0.5) is 0 Å². The van der Waals surface area contributed by atoms with E-state index in [4.69, 9.17) is 0 Å². The van der Waals surface area contributed by atoms with Gasteiger partial charge in [-0.15, -0.1) is 0 Å². The molecule has 1 aromatic rings. The highest BCUT2D eigenvalue weighted by Gasteiger charge is 2.44. The highest BCUT2D eigenvalue weighted by atomic mass is 16.3. The fraction of sp³-hybridized carbons (Fsp3) is 0.556. The van der Waals surface area contributed by atoms with Gasteiger partial charge in [-0.3, -0.25) is 4.79 Å². The summed E-state index contributed by atoms with van der Waals surface area (Å²) >= 11 is 0. The topological polar surface area (TPSA) is 64.3 Å². The van der Waals surface area contributed by atoms with E-state index in [1.807, 2.05) is 29.2 Å². The van der Waals surface area contributed by atoms with Crippen LogP contribution < -0.4 is 0 Å². The Bertz CT molecular complexity index is 599. The van der Waals surface area contributed by atoms with Crippen LogP contribution in [-0.4, -0.2) is 35.1 Å². The van der Waals surface area contributed by atoms with Gasteiger partial charge in [0.1, 0.15) is 0 Å². The summed E-state index contributed by atoms with van der Waals surface area (Å²) in [5.74, 6) is 0.215. The Morgan fingerprint density at radius 3 is 2.59 bits per heavy atom. The second-order valence-electron chi connectivity index (χ2n) is 6.70. The molecule has 3 rings (SSSR count). The normalized spacial score (nSPS) is 26.3. The molecule has 2 unspecified atom stereocenters. The molecule has 4 heteroatoms. The number of aliphatic hydroxyl groups excluding tert-OH is 1. The van der Waals surface area contributed by atoms with Crippen LogP contribution >= 0.6 is 0 Å². The van der Waals surface area contributed by atoms with Gasteiger partial charge in [-0.05, 0) is 56.2 Å².